The largest absolute Gasteiger partial charge is 0.445 e. The second kappa shape index (κ2) is 6.68. The number of aromatic nitrogens is 1. The van der Waals surface area contributed by atoms with Crippen LogP contribution in [0.1, 0.15) is 36.8 Å². The zero-order valence-corrected chi connectivity index (χ0v) is 14.3. The van der Waals surface area contributed by atoms with Crippen LogP contribution in [0.25, 0.3) is 0 Å². The molecule has 1 amide bonds. The summed E-state index contributed by atoms with van der Waals surface area (Å²) in [6.45, 7) is 0.219. The number of carbonyl (C=O) groups is 1. The summed E-state index contributed by atoms with van der Waals surface area (Å²) in [4.78, 5) is 18.0. The summed E-state index contributed by atoms with van der Waals surface area (Å²) in [7, 11) is 0. The number of hydrogen-bond donors (Lipinski definition) is 1. The van der Waals surface area contributed by atoms with Crippen LogP contribution in [0.2, 0.25) is 0 Å². The molecule has 2 aliphatic rings. The Hall–Kier alpha value is -2.47. The van der Waals surface area contributed by atoms with E-state index >= 15 is 0 Å². The maximum Gasteiger partial charge on any atom is 0.410 e. The second-order valence-electron chi connectivity index (χ2n) is 7.11. The van der Waals surface area contributed by atoms with Gasteiger partial charge in [-0.05, 0) is 24.5 Å². The number of ether oxygens (including phenoxy) is 1. The monoisotopic (exact) mass is 356 g/mol. The van der Waals surface area contributed by atoms with E-state index in [1.165, 1.54) is 6.20 Å². The molecule has 136 valence electrons. The quantitative estimate of drug-likeness (QED) is 0.857. The van der Waals surface area contributed by atoms with Crippen LogP contribution in [0.4, 0.5) is 9.18 Å². The number of halogens is 1. The lowest BCUT2D eigenvalue weighted by Gasteiger charge is -2.43. The molecule has 2 aromatic rings. The number of piperidine rings is 1. The van der Waals surface area contributed by atoms with E-state index < -0.39 is 11.5 Å². The summed E-state index contributed by atoms with van der Waals surface area (Å²) in [5.41, 5.74) is -0.145. The zero-order valence-electron chi connectivity index (χ0n) is 14.3. The van der Waals surface area contributed by atoms with Crippen LogP contribution >= 0.6 is 0 Å². The number of amides is 1. The van der Waals surface area contributed by atoms with Crippen LogP contribution in [-0.2, 0) is 16.9 Å². The van der Waals surface area contributed by atoms with E-state index in [4.69, 9.17) is 4.74 Å². The lowest BCUT2D eigenvalue weighted by atomic mass is 9.81. The zero-order chi connectivity index (χ0) is 18.1. The smallest absolute Gasteiger partial charge is 0.410 e. The molecule has 4 rings (SSSR count). The summed E-state index contributed by atoms with van der Waals surface area (Å²) in [5, 5.41) is 11.1. The van der Waals surface area contributed by atoms with Gasteiger partial charge in [0.15, 0.2) is 0 Å². The maximum absolute atomic E-state index is 14.1. The molecule has 0 saturated carbocycles. The van der Waals surface area contributed by atoms with Gasteiger partial charge in [-0.15, -0.1) is 0 Å². The fourth-order valence-electron chi connectivity index (χ4n) is 4.27. The van der Waals surface area contributed by atoms with Crippen LogP contribution in [-0.4, -0.2) is 33.2 Å². The number of aliphatic hydroxyl groups is 1. The van der Waals surface area contributed by atoms with Crippen molar-refractivity contribution >= 4 is 6.09 Å². The fourth-order valence-corrected chi connectivity index (χ4v) is 4.27. The van der Waals surface area contributed by atoms with Crippen molar-refractivity contribution in [2.24, 2.45) is 0 Å². The Kier molecular flexibility index (Phi) is 4.36. The predicted octanol–water partition coefficient (Wildman–Crippen LogP) is 3.37. The minimum atomic E-state index is -1.29. The van der Waals surface area contributed by atoms with Crippen molar-refractivity contribution in [3.8, 4) is 0 Å². The third-order valence-electron chi connectivity index (χ3n) is 5.44. The van der Waals surface area contributed by atoms with Crippen LogP contribution < -0.4 is 0 Å². The van der Waals surface area contributed by atoms with Crippen molar-refractivity contribution in [2.75, 3.05) is 0 Å². The van der Waals surface area contributed by atoms with Gasteiger partial charge in [0.25, 0.3) is 0 Å². The molecule has 1 aromatic heterocycles. The second-order valence-corrected chi connectivity index (χ2v) is 7.11. The molecule has 2 bridgehead atoms. The van der Waals surface area contributed by atoms with E-state index in [1.807, 2.05) is 30.3 Å². The Morgan fingerprint density at radius 1 is 1.19 bits per heavy atom. The van der Waals surface area contributed by atoms with Crippen molar-refractivity contribution in [1.82, 2.24) is 9.88 Å². The lowest BCUT2D eigenvalue weighted by molar-refractivity contribution is -0.0560. The van der Waals surface area contributed by atoms with Crippen molar-refractivity contribution in [2.45, 2.75) is 50.0 Å². The Balaban J connectivity index is 1.47. The van der Waals surface area contributed by atoms with E-state index in [9.17, 15) is 14.3 Å². The third-order valence-corrected chi connectivity index (χ3v) is 5.44. The minimum Gasteiger partial charge on any atom is -0.445 e. The molecule has 26 heavy (non-hydrogen) atoms. The van der Waals surface area contributed by atoms with Gasteiger partial charge in [0.2, 0.25) is 5.95 Å². The summed E-state index contributed by atoms with van der Waals surface area (Å²) in [5.74, 6) is -0.644. The SMILES string of the molecule is O=C(OCc1ccccc1)N1C2CCC1CC(O)(c1cccnc1F)C2. The fraction of sp³-hybridized carbons (Fsp3) is 0.400. The maximum atomic E-state index is 14.1. The van der Waals surface area contributed by atoms with Crippen LogP contribution in [0.5, 0.6) is 0 Å². The molecule has 0 aliphatic carbocycles. The summed E-state index contributed by atoms with van der Waals surface area (Å²) >= 11 is 0. The van der Waals surface area contributed by atoms with E-state index in [2.05, 4.69) is 4.98 Å². The van der Waals surface area contributed by atoms with Crippen LogP contribution in [0.15, 0.2) is 48.7 Å². The normalized spacial score (nSPS) is 27.4. The van der Waals surface area contributed by atoms with Crippen molar-refractivity contribution in [3.05, 3.63) is 65.7 Å². The van der Waals surface area contributed by atoms with Gasteiger partial charge < -0.3 is 14.7 Å². The summed E-state index contributed by atoms with van der Waals surface area (Å²) in [6.07, 6.45) is 3.17. The summed E-state index contributed by atoms with van der Waals surface area (Å²) < 4.78 is 19.5. The minimum absolute atomic E-state index is 0.151. The first-order valence-electron chi connectivity index (χ1n) is 8.89. The Morgan fingerprint density at radius 3 is 2.54 bits per heavy atom. The highest BCUT2D eigenvalue weighted by molar-refractivity contribution is 5.69. The van der Waals surface area contributed by atoms with Gasteiger partial charge in [-0.2, -0.15) is 4.39 Å². The number of benzene rings is 1. The molecule has 3 heterocycles. The molecule has 5 nitrogen and oxygen atoms in total. The molecule has 2 aliphatic heterocycles. The highest BCUT2D eigenvalue weighted by Gasteiger charge is 2.51. The van der Waals surface area contributed by atoms with Gasteiger partial charge in [0, 0.05) is 36.7 Å². The van der Waals surface area contributed by atoms with Gasteiger partial charge in [-0.25, -0.2) is 9.78 Å². The number of hydrogen-bond acceptors (Lipinski definition) is 4. The molecule has 2 atom stereocenters. The predicted molar refractivity (Wildman–Crippen MR) is 92.6 cm³/mol. The van der Waals surface area contributed by atoms with E-state index in [0.717, 1.165) is 18.4 Å². The Bertz CT molecular complexity index is 785. The molecular weight excluding hydrogens is 335 g/mol. The molecular formula is C20H21FN2O3. The number of nitrogens with zero attached hydrogens (tertiary/aromatic N) is 2. The van der Waals surface area contributed by atoms with Gasteiger partial charge in [0.05, 0.1) is 5.60 Å². The van der Waals surface area contributed by atoms with Crippen molar-refractivity contribution < 1.29 is 19.0 Å². The third kappa shape index (κ3) is 3.05. The topological polar surface area (TPSA) is 62.7 Å². The van der Waals surface area contributed by atoms with Gasteiger partial charge >= 0.3 is 6.09 Å². The van der Waals surface area contributed by atoms with E-state index in [-0.39, 0.29) is 30.3 Å². The Labute approximate surface area is 151 Å². The number of fused-ring (bicyclic) bond motifs is 2. The molecule has 6 heteroatoms. The molecule has 2 unspecified atom stereocenters. The molecule has 0 radical (unpaired) electrons. The first-order valence-corrected chi connectivity index (χ1v) is 8.89. The molecule has 2 saturated heterocycles. The van der Waals surface area contributed by atoms with E-state index in [0.29, 0.717) is 12.8 Å². The average molecular weight is 356 g/mol. The lowest BCUT2D eigenvalue weighted by Crippen LogP contribution is -2.52. The first kappa shape index (κ1) is 17.0. The van der Waals surface area contributed by atoms with Gasteiger partial charge in [-0.1, -0.05) is 36.4 Å². The average Bonchev–Trinajstić information content (AvgIpc) is 2.93. The van der Waals surface area contributed by atoms with Crippen LogP contribution in [0.3, 0.4) is 0 Å². The molecule has 1 N–H and O–H groups in total. The number of carbonyl (C=O) groups excluding carboxylic acids is 1. The Morgan fingerprint density at radius 2 is 1.88 bits per heavy atom. The van der Waals surface area contributed by atoms with E-state index in [1.54, 1.807) is 17.0 Å². The molecule has 1 aromatic carbocycles. The van der Waals surface area contributed by atoms with Gasteiger partial charge in [0.1, 0.15) is 6.61 Å². The number of rotatable bonds is 3. The standard InChI is InChI=1S/C20H21FN2O3/c21-18-17(7-4-10-22-18)20(25)11-15-8-9-16(12-20)23(15)19(24)26-13-14-5-2-1-3-6-14/h1-7,10,15-16,25H,8-9,11-13H2. The highest BCUT2D eigenvalue weighted by atomic mass is 19.1. The first-order chi connectivity index (χ1) is 12.6. The van der Waals surface area contributed by atoms with Crippen molar-refractivity contribution in [1.29, 1.82) is 0 Å². The highest BCUT2D eigenvalue weighted by Crippen LogP contribution is 2.46. The van der Waals surface area contributed by atoms with Crippen molar-refractivity contribution in [3.63, 3.8) is 0 Å². The number of pyridine rings is 1. The molecule has 0 spiro atoms. The molecule has 2 fully saturated rings. The summed E-state index contributed by atoms with van der Waals surface area (Å²) in [6, 6.07) is 12.4. The van der Waals surface area contributed by atoms with Crippen LogP contribution in [0, 0.1) is 5.95 Å². The van der Waals surface area contributed by atoms with Gasteiger partial charge in [-0.3, -0.25) is 0 Å².